The molecule has 4 rings (SSSR count). The summed E-state index contributed by atoms with van der Waals surface area (Å²) in [6, 6.07) is 10.8. The van der Waals surface area contributed by atoms with Gasteiger partial charge >= 0.3 is 6.18 Å². The van der Waals surface area contributed by atoms with Crippen LogP contribution in [0.5, 0.6) is 0 Å². The average Bonchev–Trinajstić information content (AvgIpc) is 3.24. The predicted molar refractivity (Wildman–Crippen MR) is 105 cm³/mol. The summed E-state index contributed by atoms with van der Waals surface area (Å²) in [5.74, 6) is 0. The lowest BCUT2D eigenvalue weighted by molar-refractivity contribution is -0.246. The van der Waals surface area contributed by atoms with E-state index in [1.165, 1.54) is 24.3 Å². The van der Waals surface area contributed by atoms with Crippen molar-refractivity contribution < 1.29 is 18.3 Å². The largest absolute Gasteiger partial charge is 0.425 e. The molecule has 0 aliphatic heterocycles. The first-order valence-electron chi connectivity index (χ1n) is 9.18. The van der Waals surface area contributed by atoms with Gasteiger partial charge in [0, 0.05) is 35.1 Å². The molecule has 3 aromatic rings. The van der Waals surface area contributed by atoms with E-state index >= 15 is 0 Å². The maximum Gasteiger partial charge on any atom is 0.425 e. The van der Waals surface area contributed by atoms with Gasteiger partial charge in [-0.25, -0.2) is 0 Å². The van der Waals surface area contributed by atoms with Gasteiger partial charge < -0.3 is 10.4 Å². The number of hydrogen-bond donors (Lipinski definition) is 2. The summed E-state index contributed by atoms with van der Waals surface area (Å²) in [6.45, 7) is 6.87. The molecule has 1 unspecified atom stereocenters. The number of aromatic nitrogens is 2. The van der Waals surface area contributed by atoms with Crippen LogP contribution in [0, 0.1) is 0 Å². The molecule has 2 N–H and O–H groups in total. The van der Waals surface area contributed by atoms with Crippen molar-refractivity contribution in [3.8, 4) is 22.3 Å². The van der Waals surface area contributed by atoms with Crippen molar-refractivity contribution in [2.75, 3.05) is 6.54 Å². The molecule has 150 valence electrons. The minimum Gasteiger partial charge on any atom is -0.387 e. The van der Waals surface area contributed by atoms with Gasteiger partial charge in [-0.2, -0.15) is 18.3 Å². The smallest absolute Gasteiger partial charge is 0.387 e. The molecule has 0 bridgehead atoms. The van der Waals surface area contributed by atoms with Crippen LogP contribution in [0.3, 0.4) is 0 Å². The second-order valence-corrected chi connectivity index (χ2v) is 7.18. The Hall–Kier alpha value is -3.06. The summed E-state index contributed by atoms with van der Waals surface area (Å²) in [7, 11) is 0. The molecule has 7 heteroatoms. The van der Waals surface area contributed by atoms with E-state index in [2.05, 4.69) is 17.0 Å². The average molecular weight is 399 g/mol. The second kappa shape index (κ2) is 6.77. The third kappa shape index (κ3) is 3.02. The Labute approximate surface area is 166 Å². The highest BCUT2D eigenvalue weighted by molar-refractivity contribution is 5.92. The van der Waals surface area contributed by atoms with Crippen molar-refractivity contribution in [2.45, 2.75) is 25.2 Å². The molecule has 1 aromatic heterocycles. The zero-order chi connectivity index (χ0) is 20.8. The van der Waals surface area contributed by atoms with Crippen LogP contribution in [0.25, 0.3) is 22.3 Å². The molecule has 0 amide bonds. The van der Waals surface area contributed by atoms with Crippen LogP contribution in [-0.4, -0.2) is 27.6 Å². The van der Waals surface area contributed by atoms with Gasteiger partial charge in [0.05, 0.1) is 12.7 Å². The number of allylic oxidation sites excluding steroid dienone is 1. The number of fused-ring (bicyclic) bond motifs is 3. The Kier molecular flexibility index (Phi) is 4.50. The van der Waals surface area contributed by atoms with Crippen molar-refractivity contribution >= 4 is 0 Å². The van der Waals surface area contributed by atoms with Gasteiger partial charge in [-0.3, -0.25) is 4.68 Å². The lowest BCUT2D eigenvalue weighted by Gasteiger charge is -2.28. The maximum absolute atomic E-state index is 14.0. The first-order chi connectivity index (χ1) is 13.7. The highest BCUT2D eigenvalue weighted by Gasteiger charge is 2.61. The molecule has 1 aliphatic carbocycles. The molecule has 0 radical (unpaired) electrons. The summed E-state index contributed by atoms with van der Waals surface area (Å²) in [6.07, 6.45) is -1.42. The normalized spacial score (nSPS) is 17.7. The fourth-order valence-electron chi connectivity index (χ4n) is 3.86. The van der Waals surface area contributed by atoms with E-state index in [4.69, 9.17) is 0 Å². The first-order valence-corrected chi connectivity index (χ1v) is 9.18. The van der Waals surface area contributed by atoms with E-state index in [0.29, 0.717) is 35.3 Å². The standard InChI is InChI=1S/C22H20F3N3O/c1-14(2)26-10-11-28-13-15(12-27-28)16-7-5-9-19-20(16)17-6-3-4-8-18(17)21(19,29)22(23,24)25/h3-9,12-13,26,29H,1,10-11H2,2H3. The van der Waals surface area contributed by atoms with Crippen molar-refractivity contribution in [1.82, 2.24) is 15.1 Å². The van der Waals surface area contributed by atoms with Gasteiger partial charge in [0.25, 0.3) is 0 Å². The van der Waals surface area contributed by atoms with Crippen molar-refractivity contribution in [1.29, 1.82) is 0 Å². The molecule has 0 spiro atoms. The van der Waals surface area contributed by atoms with Gasteiger partial charge in [0.1, 0.15) is 0 Å². The molecular weight excluding hydrogens is 379 g/mol. The molecule has 0 saturated carbocycles. The van der Waals surface area contributed by atoms with E-state index in [0.717, 1.165) is 5.70 Å². The molecule has 1 aliphatic rings. The van der Waals surface area contributed by atoms with E-state index < -0.39 is 11.8 Å². The highest BCUT2D eigenvalue weighted by atomic mass is 19.4. The second-order valence-electron chi connectivity index (χ2n) is 7.18. The van der Waals surface area contributed by atoms with Crippen LogP contribution < -0.4 is 5.32 Å². The maximum atomic E-state index is 14.0. The van der Waals surface area contributed by atoms with Gasteiger partial charge in [-0.15, -0.1) is 0 Å². The monoisotopic (exact) mass is 399 g/mol. The fraction of sp³-hybridized carbons (Fsp3) is 0.227. The molecule has 29 heavy (non-hydrogen) atoms. The molecule has 0 fully saturated rings. The molecule has 1 heterocycles. The summed E-state index contributed by atoms with van der Waals surface area (Å²) in [5.41, 5.74) is -0.407. The Morgan fingerprint density at radius 3 is 2.55 bits per heavy atom. The summed E-state index contributed by atoms with van der Waals surface area (Å²) < 4.78 is 43.6. The number of alkyl halides is 3. The number of halogens is 3. The van der Waals surface area contributed by atoms with Crippen molar-refractivity contribution in [2.24, 2.45) is 0 Å². The Balaban J connectivity index is 1.81. The lowest BCUT2D eigenvalue weighted by atomic mass is 9.89. The number of rotatable bonds is 5. The lowest BCUT2D eigenvalue weighted by Crippen LogP contribution is -2.41. The first kappa shape index (κ1) is 19.3. The zero-order valence-corrected chi connectivity index (χ0v) is 15.8. The van der Waals surface area contributed by atoms with Crippen LogP contribution in [0.1, 0.15) is 18.1 Å². The van der Waals surface area contributed by atoms with Gasteiger partial charge in [-0.05, 0) is 23.6 Å². The minimum atomic E-state index is -4.84. The van der Waals surface area contributed by atoms with E-state index in [9.17, 15) is 18.3 Å². The minimum absolute atomic E-state index is 0.145. The van der Waals surface area contributed by atoms with E-state index in [-0.39, 0.29) is 11.1 Å². The van der Waals surface area contributed by atoms with Gasteiger partial charge in [0.2, 0.25) is 5.60 Å². The topological polar surface area (TPSA) is 50.1 Å². The zero-order valence-electron chi connectivity index (χ0n) is 15.8. The fourth-order valence-corrected chi connectivity index (χ4v) is 3.86. The summed E-state index contributed by atoms with van der Waals surface area (Å²) in [4.78, 5) is 0. The van der Waals surface area contributed by atoms with Crippen LogP contribution in [-0.2, 0) is 12.1 Å². The van der Waals surface area contributed by atoms with Gasteiger partial charge in [0.15, 0.2) is 0 Å². The van der Waals surface area contributed by atoms with Crippen molar-refractivity contribution in [3.63, 3.8) is 0 Å². The van der Waals surface area contributed by atoms with Gasteiger partial charge in [-0.1, -0.05) is 49.0 Å². The molecular formula is C22H20F3N3O. The number of nitrogens with one attached hydrogen (secondary N) is 1. The third-order valence-corrected chi connectivity index (χ3v) is 5.16. The number of nitrogens with zero attached hydrogens (tertiary/aromatic N) is 2. The summed E-state index contributed by atoms with van der Waals surface area (Å²) >= 11 is 0. The number of benzene rings is 2. The number of hydrogen-bond acceptors (Lipinski definition) is 3. The van der Waals surface area contributed by atoms with Crippen LogP contribution >= 0.6 is 0 Å². The summed E-state index contributed by atoms with van der Waals surface area (Å²) in [5, 5.41) is 18.2. The molecule has 0 saturated heterocycles. The van der Waals surface area contributed by atoms with Crippen LogP contribution in [0.2, 0.25) is 0 Å². The Bertz CT molecular complexity index is 1090. The molecule has 1 atom stereocenters. The molecule has 2 aromatic carbocycles. The highest BCUT2D eigenvalue weighted by Crippen LogP contribution is 2.56. The third-order valence-electron chi connectivity index (χ3n) is 5.16. The Morgan fingerprint density at radius 1 is 1.14 bits per heavy atom. The predicted octanol–water partition coefficient (Wildman–Crippen LogP) is 4.45. The van der Waals surface area contributed by atoms with E-state index in [1.54, 1.807) is 35.3 Å². The van der Waals surface area contributed by atoms with Crippen LogP contribution in [0.4, 0.5) is 13.2 Å². The van der Waals surface area contributed by atoms with Crippen molar-refractivity contribution in [3.05, 3.63) is 78.3 Å². The van der Waals surface area contributed by atoms with Crippen LogP contribution in [0.15, 0.2) is 67.1 Å². The number of aliphatic hydroxyl groups is 1. The SMILES string of the molecule is C=C(C)NCCn1cc(-c2cccc3c2-c2ccccc2C3(O)C(F)(F)F)cn1. The Morgan fingerprint density at radius 2 is 1.83 bits per heavy atom. The molecule has 4 nitrogen and oxygen atoms in total. The van der Waals surface area contributed by atoms with E-state index in [1.807, 2.05) is 6.92 Å². The quantitative estimate of drug-likeness (QED) is 0.666.